The Hall–Kier alpha value is -3.35. The molecule has 2 N–H and O–H groups in total. The summed E-state index contributed by atoms with van der Waals surface area (Å²) >= 11 is 0. The number of methoxy groups -OCH3 is 1. The Morgan fingerprint density at radius 3 is 2.72 bits per heavy atom. The van der Waals surface area contributed by atoms with Crippen LogP contribution in [0.5, 0.6) is 0 Å². The van der Waals surface area contributed by atoms with Crippen molar-refractivity contribution in [3.63, 3.8) is 0 Å². The minimum absolute atomic E-state index is 0.0419. The van der Waals surface area contributed by atoms with Gasteiger partial charge in [0.25, 0.3) is 0 Å². The molecule has 3 aromatic rings. The van der Waals surface area contributed by atoms with Gasteiger partial charge in [0.1, 0.15) is 5.82 Å². The summed E-state index contributed by atoms with van der Waals surface area (Å²) in [6, 6.07) is 13.0. The highest BCUT2D eigenvalue weighted by atomic mass is 16.5. The summed E-state index contributed by atoms with van der Waals surface area (Å²) in [7, 11) is 1.38. The first-order valence-electron chi connectivity index (χ1n) is 9.65. The molecule has 7 nitrogen and oxygen atoms in total. The molecule has 0 unspecified atom stereocenters. The molecule has 4 rings (SSSR count). The van der Waals surface area contributed by atoms with Gasteiger partial charge in [-0.1, -0.05) is 30.3 Å². The van der Waals surface area contributed by atoms with E-state index >= 15 is 0 Å². The number of benzene rings is 2. The van der Waals surface area contributed by atoms with E-state index in [9.17, 15) is 14.7 Å². The van der Waals surface area contributed by atoms with Gasteiger partial charge >= 0.3 is 12.1 Å². The second kappa shape index (κ2) is 7.58. The summed E-state index contributed by atoms with van der Waals surface area (Å²) < 4.78 is 4.96. The lowest BCUT2D eigenvalue weighted by atomic mass is 9.95. The number of nitrogens with one attached hydrogen (secondary N) is 1. The van der Waals surface area contributed by atoms with E-state index in [2.05, 4.69) is 4.98 Å². The molecule has 2 heterocycles. The molecule has 0 spiro atoms. The topological polar surface area (TPSA) is 95.5 Å². The van der Waals surface area contributed by atoms with Crippen LogP contribution in [-0.2, 0) is 22.4 Å². The lowest BCUT2D eigenvalue weighted by Crippen LogP contribution is -2.42. The maximum absolute atomic E-state index is 12.3. The Bertz CT molecular complexity index is 1060. The third-order valence-corrected chi connectivity index (χ3v) is 5.56. The van der Waals surface area contributed by atoms with Crippen molar-refractivity contribution in [1.82, 2.24) is 9.97 Å². The molecular weight excluding hydrogens is 370 g/mol. The molecular formula is C22H23N3O4. The number of aliphatic carboxylic acids is 1. The number of carbonyl (C=O) groups excluding carboxylic acids is 1. The summed E-state index contributed by atoms with van der Waals surface area (Å²) in [5, 5.41) is 9.71. The third-order valence-electron chi connectivity index (χ3n) is 5.56. The number of rotatable bonds is 4. The van der Waals surface area contributed by atoms with Gasteiger partial charge in [0.05, 0.1) is 29.7 Å². The zero-order valence-electron chi connectivity index (χ0n) is 16.4. The Labute approximate surface area is 168 Å². The predicted molar refractivity (Wildman–Crippen MR) is 109 cm³/mol. The highest BCUT2D eigenvalue weighted by Gasteiger charge is 2.31. The van der Waals surface area contributed by atoms with E-state index in [-0.39, 0.29) is 18.6 Å². The number of aromatic amines is 1. The molecule has 2 aromatic carbocycles. The van der Waals surface area contributed by atoms with Crippen LogP contribution < -0.4 is 4.90 Å². The summed E-state index contributed by atoms with van der Waals surface area (Å²) in [6.07, 6.45) is 1.49. The number of aryl methyl sites for hydroxylation is 1. The van der Waals surface area contributed by atoms with E-state index in [0.29, 0.717) is 5.82 Å². The molecule has 0 aliphatic carbocycles. The van der Waals surface area contributed by atoms with Crippen LogP contribution in [0.25, 0.3) is 11.0 Å². The fourth-order valence-electron chi connectivity index (χ4n) is 4.06. The highest BCUT2D eigenvalue weighted by Crippen LogP contribution is 2.36. The number of fused-ring (bicyclic) bond motifs is 3. The maximum Gasteiger partial charge on any atom is 0.414 e. The number of aromatic nitrogens is 2. The summed E-state index contributed by atoms with van der Waals surface area (Å²) in [5.74, 6) is -0.948. The number of nitrogens with zero attached hydrogens (tertiary/aromatic N) is 2. The van der Waals surface area contributed by atoms with E-state index in [4.69, 9.17) is 9.72 Å². The molecule has 2 atom stereocenters. The van der Waals surface area contributed by atoms with Gasteiger partial charge in [-0.3, -0.25) is 9.69 Å². The largest absolute Gasteiger partial charge is 0.481 e. The average molecular weight is 393 g/mol. The highest BCUT2D eigenvalue weighted by molar-refractivity contribution is 5.95. The smallest absolute Gasteiger partial charge is 0.414 e. The van der Waals surface area contributed by atoms with E-state index < -0.39 is 11.9 Å². The van der Waals surface area contributed by atoms with Crippen LogP contribution in [0.3, 0.4) is 0 Å². The number of amides is 1. The molecule has 150 valence electrons. The van der Waals surface area contributed by atoms with Crippen LogP contribution >= 0.6 is 0 Å². The zero-order chi connectivity index (χ0) is 20.5. The third kappa shape index (κ3) is 3.44. The van der Waals surface area contributed by atoms with Crippen LogP contribution in [0.1, 0.15) is 36.2 Å². The van der Waals surface area contributed by atoms with Crippen molar-refractivity contribution in [3.8, 4) is 0 Å². The zero-order valence-corrected chi connectivity index (χ0v) is 16.4. The monoisotopic (exact) mass is 393 g/mol. The molecule has 7 heteroatoms. The van der Waals surface area contributed by atoms with Crippen molar-refractivity contribution in [2.45, 2.75) is 38.1 Å². The molecule has 29 heavy (non-hydrogen) atoms. The van der Waals surface area contributed by atoms with Crippen LogP contribution in [0.15, 0.2) is 42.5 Å². The Morgan fingerprint density at radius 2 is 2.03 bits per heavy atom. The van der Waals surface area contributed by atoms with Gasteiger partial charge in [-0.25, -0.2) is 9.78 Å². The number of carboxylic acid groups (broad SMARTS) is 1. The van der Waals surface area contributed by atoms with Crippen LogP contribution in [-0.4, -0.2) is 40.3 Å². The van der Waals surface area contributed by atoms with Gasteiger partial charge in [-0.15, -0.1) is 0 Å². The van der Waals surface area contributed by atoms with Crippen LogP contribution in [0, 0.1) is 0 Å². The van der Waals surface area contributed by atoms with Crippen molar-refractivity contribution in [3.05, 3.63) is 59.4 Å². The van der Waals surface area contributed by atoms with Gasteiger partial charge in [-0.05, 0) is 37.5 Å². The lowest BCUT2D eigenvalue weighted by Gasteiger charge is -2.34. The Kier molecular flexibility index (Phi) is 4.96. The average Bonchev–Trinajstić information content (AvgIpc) is 3.14. The van der Waals surface area contributed by atoms with Gasteiger partial charge in [0.2, 0.25) is 0 Å². The minimum Gasteiger partial charge on any atom is -0.481 e. The SMILES string of the molecule is COC(=O)N1c2ccc3[nH]c(C[C@@H](C(=O)O)c4ccccc4)nc3c2CC[C@@H]1C. The maximum atomic E-state index is 12.3. The molecule has 0 fully saturated rings. The van der Waals surface area contributed by atoms with Crippen molar-refractivity contribution >= 4 is 28.8 Å². The Morgan fingerprint density at radius 1 is 1.28 bits per heavy atom. The fraction of sp³-hybridized carbons (Fsp3) is 0.318. The van der Waals surface area contributed by atoms with Crippen molar-refractivity contribution in [1.29, 1.82) is 0 Å². The number of anilines is 1. The first kappa shape index (κ1) is 19.0. The van der Waals surface area contributed by atoms with Gasteiger partial charge in [0, 0.05) is 18.0 Å². The number of H-pyrrole nitrogens is 1. The van der Waals surface area contributed by atoms with Gasteiger partial charge in [0.15, 0.2) is 0 Å². The Balaban J connectivity index is 1.72. The fourth-order valence-corrected chi connectivity index (χ4v) is 4.06. The van der Waals surface area contributed by atoms with E-state index in [1.807, 2.05) is 49.4 Å². The van der Waals surface area contributed by atoms with Crippen molar-refractivity contribution in [2.24, 2.45) is 0 Å². The van der Waals surface area contributed by atoms with E-state index in [1.165, 1.54) is 7.11 Å². The molecule has 1 aromatic heterocycles. The normalized spacial score (nSPS) is 17.0. The van der Waals surface area contributed by atoms with Crippen molar-refractivity contribution in [2.75, 3.05) is 12.0 Å². The van der Waals surface area contributed by atoms with E-state index in [0.717, 1.165) is 40.7 Å². The molecule has 0 radical (unpaired) electrons. The molecule has 0 saturated carbocycles. The number of hydrogen-bond acceptors (Lipinski definition) is 4. The summed E-state index contributed by atoms with van der Waals surface area (Å²) in [4.78, 5) is 33.8. The first-order chi connectivity index (χ1) is 14.0. The van der Waals surface area contributed by atoms with Crippen LogP contribution in [0.2, 0.25) is 0 Å². The number of hydrogen-bond donors (Lipinski definition) is 2. The molecule has 1 amide bonds. The number of imidazole rings is 1. The standard InChI is InChI=1S/C22H23N3O4/c1-13-8-9-15-18(25(13)22(28)29-2)11-10-17-20(15)24-19(23-17)12-16(21(26)27)14-6-4-3-5-7-14/h3-7,10-11,13,16H,8-9,12H2,1-2H3,(H,23,24)(H,26,27)/t13-,16+/m0/s1. The van der Waals surface area contributed by atoms with Crippen LogP contribution in [0.4, 0.5) is 10.5 Å². The summed E-state index contributed by atoms with van der Waals surface area (Å²) in [6.45, 7) is 2.00. The summed E-state index contributed by atoms with van der Waals surface area (Å²) in [5.41, 5.74) is 4.16. The first-order valence-corrected chi connectivity index (χ1v) is 9.65. The minimum atomic E-state index is -0.885. The number of carbonyl (C=O) groups is 2. The molecule has 0 saturated heterocycles. The number of carboxylic acids is 1. The second-order valence-corrected chi connectivity index (χ2v) is 7.38. The molecule has 1 aliphatic rings. The quantitative estimate of drug-likeness (QED) is 0.701. The molecule has 1 aliphatic heterocycles. The van der Waals surface area contributed by atoms with Gasteiger partial charge < -0.3 is 14.8 Å². The molecule has 0 bridgehead atoms. The number of ether oxygens (including phenoxy) is 1. The lowest BCUT2D eigenvalue weighted by molar-refractivity contribution is -0.138. The van der Waals surface area contributed by atoms with Crippen molar-refractivity contribution < 1.29 is 19.4 Å². The van der Waals surface area contributed by atoms with Gasteiger partial charge in [-0.2, -0.15) is 0 Å². The van der Waals surface area contributed by atoms with E-state index in [1.54, 1.807) is 4.90 Å². The second-order valence-electron chi connectivity index (χ2n) is 7.38. The predicted octanol–water partition coefficient (Wildman–Crippen LogP) is 3.88.